The van der Waals surface area contributed by atoms with Gasteiger partial charge < -0.3 is 10.6 Å². The zero-order valence-corrected chi connectivity index (χ0v) is 15.0. The van der Waals surface area contributed by atoms with Gasteiger partial charge in [-0.15, -0.1) is 0 Å². The van der Waals surface area contributed by atoms with Crippen molar-refractivity contribution in [2.45, 2.75) is 46.0 Å². The Hall–Kier alpha value is -2.44. The second-order valence-electron chi connectivity index (χ2n) is 6.65. The highest BCUT2D eigenvalue weighted by atomic mass is 16.1. The van der Waals surface area contributed by atoms with E-state index in [1.165, 1.54) is 25.6 Å². The predicted octanol–water partition coefficient (Wildman–Crippen LogP) is 2.39. The molecule has 0 atom stereocenters. The molecule has 2 aromatic rings. The third-order valence-electron chi connectivity index (χ3n) is 4.59. The van der Waals surface area contributed by atoms with Gasteiger partial charge in [0.15, 0.2) is 5.82 Å². The summed E-state index contributed by atoms with van der Waals surface area (Å²) in [6.07, 6.45) is 7.18. The van der Waals surface area contributed by atoms with Crippen molar-refractivity contribution in [1.29, 1.82) is 0 Å². The van der Waals surface area contributed by atoms with Crippen LogP contribution in [0, 0.1) is 19.8 Å². The third kappa shape index (κ3) is 4.55. The van der Waals surface area contributed by atoms with Gasteiger partial charge in [0, 0.05) is 30.8 Å². The Morgan fingerprint density at radius 3 is 2.68 bits per heavy atom. The van der Waals surface area contributed by atoms with Crippen LogP contribution in [0.2, 0.25) is 0 Å². The van der Waals surface area contributed by atoms with Crippen molar-refractivity contribution in [2.24, 2.45) is 5.92 Å². The number of rotatable bonds is 6. The average molecular weight is 342 g/mol. The van der Waals surface area contributed by atoms with Crippen LogP contribution in [-0.4, -0.2) is 38.7 Å². The van der Waals surface area contributed by atoms with Crippen LogP contribution in [0.4, 0.5) is 5.82 Å². The van der Waals surface area contributed by atoms with Crippen molar-refractivity contribution in [2.75, 3.05) is 18.4 Å². The van der Waals surface area contributed by atoms with Gasteiger partial charge >= 0.3 is 0 Å². The van der Waals surface area contributed by atoms with Gasteiger partial charge in [-0.1, -0.05) is 19.3 Å². The summed E-state index contributed by atoms with van der Waals surface area (Å²) >= 11 is 0. The van der Waals surface area contributed by atoms with Gasteiger partial charge in [-0.2, -0.15) is 5.10 Å². The summed E-state index contributed by atoms with van der Waals surface area (Å²) in [7, 11) is 0. The van der Waals surface area contributed by atoms with Crippen molar-refractivity contribution in [3.05, 3.63) is 29.8 Å². The van der Waals surface area contributed by atoms with Crippen LogP contribution in [0.5, 0.6) is 0 Å². The highest BCUT2D eigenvalue weighted by Gasteiger charge is 2.20. The molecule has 0 saturated heterocycles. The molecule has 25 heavy (non-hydrogen) atoms. The molecule has 1 saturated carbocycles. The molecule has 0 aromatic carbocycles. The molecule has 1 aliphatic carbocycles. The molecule has 1 aliphatic rings. The predicted molar refractivity (Wildman–Crippen MR) is 96.7 cm³/mol. The number of amides is 1. The van der Waals surface area contributed by atoms with E-state index in [2.05, 4.69) is 25.7 Å². The van der Waals surface area contributed by atoms with E-state index >= 15 is 0 Å². The lowest BCUT2D eigenvalue weighted by Gasteiger charge is -2.20. The van der Waals surface area contributed by atoms with E-state index < -0.39 is 0 Å². The van der Waals surface area contributed by atoms with Crippen LogP contribution in [0.25, 0.3) is 5.82 Å². The number of hydrogen-bond acceptors (Lipinski definition) is 5. The molecule has 2 N–H and O–H groups in total. The molecular weight excluding hydrogens is 316 g/mol. The van der Waals surface area contributed by atoms with Crippen molar-refractivity contribution < 1.29 is 4.79 Å². The summed E-state index contributed by atoms with van der Waals surface area (Å²) in [4.78, 5) is 20.6. The Morgan fingerprint density at radius 2 is 1.96 bits per heavy atom. The van der Waals surface area contributed by atoms with E-state index in [-0.39, 0.29) is 11.8 Å². The third-order valence-corrected chi connectivity index (χ3v) is 4.59. The number of carbonyl (C=O) groups is 1. The Bertz CT molecular complexity index is 720. The SMILES string of the molecule is Cc1cc(C)n(-c2cc(NCCNC(=O)C3CCCCC3)ncn2)n1. The second-order valence-corrected chi connectivity index (χ2v) is 6.65. The summed E-state index contributed by atoms with van der Waals surface area (Å²) in [5.74, 6) is 1.84. The minimum atomic E-state index is 0.188. The number of carbonyl (C=O) groups excluding carboxylic acids is 1. The first-order chi connectivity index (χ1) is 12.1. The highest BCUT2D eigenvalue weighted by molar-refractivity contribution is 5.78. The maximum Gasteiger partial charge on any atom is 0.223 e. The van der Waals surface area contributed by atoms with Crippen LogP contribution in [0.1, 0.15) is 43.5 Å². The molecular formula is C18H26N6O. The standard InChI is InChI=1S/C18H26N6O/c1-13-10-14(2)24(23-13)17-11-16(21-12-22-17)19-8-9-20-18(25)15-6-4-3-5-7-15/h10-12,15H,3-9H2,1-2H3,(H,20,25)(H,19,21,22). The normalized spacial score (nSPS) is 15.1. The lowest BCUT2D eigenvalue weighted by Crippen LogP contribution is -2.35. The first kappa shape index (κ1) is 17.4. The molecule has 2 aromatic heterocycles. The Morgan fingerprint density at radius 1 is 1.16 bits per heavy atom. The average Bonchev–Trinajstić information content (AvgIpc) is 2.98. The molecule has 0 radical (unpaired) electrons. The van der Waals surface area contributed by atoms with E-state index in [0.717, 1.165) is 35.9 Å². The van der Waals surface area contributed by atoms with Crippen LogP contribution in [0.15, 0.2) is 18.5 Å². The molecule has 0 unspecified atom stereocenters. The van der Waals surface area contributed by atoms with E-state index in [9.17, 15) is 4.79 Å². The zero-order chi connectivity index (χ0) is 17.6. The van der Waals surface area contributed by atoms with Gasteiger partial charge in [0.05, 0.1) is 5.69 Å². The molecule has 1 fully saturated rings. The lowest BCUT2D eigenvalue weighted by atomic mass is 9.89. The van der Waals surface area contributed by atoms with Crippen LogP contribution < -0.4 is 10.6 Å². The minimum Gasteiger partial charge on any atom is -0.368 e. The van der Waals surface area contributed by atoms with Crippen molar-refractivity contribution in [3.63, 3.8) is 0 Å². The topological polar surface area (TPSA) is 84.7 Å². The molecule has 0 aliphatic heterocycles. The lowest BCUT2D eigenvalue weighted by molar-refractivity contribution is -0.125. The number of nitrogens with one attached hydrogen (secondary N) is 2. The maximum absolute atomic E-state index is 12.1. The zero-order valence-electron chi connectivity index (χ0n) is 15.0. The van der Waals surface area contributed by atoms with Gasteiger partial charge in [-0.05, 0) is 32.8 Å². The molecule has 7 heteroatoms. The number of hydrogen-bond donors (Lipinski definition) is 2. The fraction of sp³-hybridized carbons (Fsp3) is 0.556. The van der Waals surface area contributed by atoms with Crippen molar-refractivity contribution in [3.8, 4) is 5.82 Å². The van der Waals surface area contributed by atoms with E-state index in [0.29, 0.717) is 13.1 Å². The van der Waals surface area contributed by atoms with E-state index in [1.54, 1.807) is 4.68 Å². The number of aryl methyl sites for hydroxylation is 2. The fourth-order valence-electron chi connectivity index (χ4n) is 3.31. The number of anilines is 1. The van der Waals surface area contributed by atoms with Gasteiger partial charge in [-0.25, -0.2) is 14.6 Å². The maximum atomic E-state index is 12.1. The first-order valence-corrected chi connectivity index (χ1v) is 9.01. The van der Waals surface area contributed by atoms with Gasteiger partial charge in [-0.3, -0.25) is 4.79 Å². The summed E-state index contributed by atoms with van der Waals surface area (Å²) in [5, 5.41) is 10.7. The van der Waals surface area contributed by atoms with Crippen LogP contribution in [-0.2, 0) is 4.79 Å². The first-order valence-electron chi connectivity index (χ1n) is 9.01. The van der Waals surface area contributed by atoms with Crippen LogP contribution >= 0.6 is 0 Å². The summed E-state index contributed by atoms with van der Waals surface area (Å²) in [6.45, 7) is 5.18. The second kappa shape index (κ2) is 8.09. The number of nitrogens with zero attached hydrogens (tertiary/aromatic N) is 4. The molecule has 1 amide bonds. The van der Waals surface area contributed by atoms with Gasteiger partial charge in [0.2, 0.25) is 5.91 Å². The molecule has 3 rings (SSSR count). The quantitative estimate of drug-likeness (QED) is 0.788. The van der Waals surface area contributed by atoms with Crippen molar-refractivity contribution in [1.82, 2.24) is 25.1 Å². The summed E-state index contributed by atoms with van der Waals surface area (Å²) in [5.41, 5.74) is 1.98. The van der Waals surface area contributed by atoms with Gasteiger partial charge in [0.1, 0.15) is 12.1 Å². The van der Waals surface area contributed by atoms with E-state index in [1.807, 2.05) is 26.0 Å². The minimum absolute atomic E-state index is 0.188. The van der Waals surface area contributed by atoms with Crippen LogP contribution in [0.3, 0.4) is 0 Å². The Balaban J connectivity index is 1.49. The smallest absolute Gasteiger partial charge is 0.223 e. The Labute approximate surface area is 148 Å². The summed E-state index contributed by atoms with van der Waals surface area (Å²) < 4.78 is 1.80. The molecule has 2 heterocycles. The van der Waals surface area contributed by atoms with Crippen molar-refractivity contribution >= 4 is 11.7 Å². The Kier molecular flexibility index (Phi) is 5.63. The van der Waals surface area contributed by atoms with E-state index in [4.69, 9.17) is 0 Å². The molecule has 7 nitrogen and oxygen atoms in total. The molecule has 134 valence electrons. The monoisotopic (exact) mass is 342 g/mol. The molecule has 0 bridgehead atoms. The summed E-state index contributed by atoms with van der Waals surface area (Å²) in [6, 6.07) is 3.87. The fourth-order valence-corrected chi connectivity index (χ4v) is 3.31. The molecule has 0 spiro atoms. The highest BCUT2D eigenvalue weighted by Crippen LogP contribution is 2.23. The number of aromatic nitrogens is 4. The van der Waals surface area contributed by atoms with Gasteiger partial charge in [0.25, 0.3) is 0 Å². The largest absolute Gasteiger partial charge is 0.368 e.